The molecule has 1 aromatic carbocycles. The van der Waals surface area contributed by atoms with E-state index in [1.54, 1.807) is 6.07 Å². The number of rotatable bonds is 4. The van der Waals surface area contributed by atoms with Crippen molar-refractivity contribution in [2.24, 2.45) is 5.92 Å². The van der Waals surface area contributed by atoms with Crippen LogP contribution in [0.3, 0.4) is 0 Å². The Labute approximate surface area is 126 Å². The Balaban J connectivity index is 1.78. The minimum Gasteiger partial charge on any atom is -0.494 e. The minimum absolute atomic E-state index is 0.128. The lowest BCUT2D eigenvalue weighted by Crippen LogP contribution is -2.32. The average molecular weight is 310 g/mol. The number of ether oxygens (including phenoxy) is 1. The Morgan fingerprint density at radius 3 is 2.57 bits per heavy atom. The number of halogens is 1. The van der Waals surface area contributed by atoms with Crippen molar-refractivity contribution in [1.82, 2.24) is 0 Å². The maximum absolute atomic E-state index is 14.1. The van der Waals surface area contributed by atoms with Crippen molar-refractivity contribution < 1.29 is 18.1 Å². The van der Waals surface area contributed by atoms with Crippen LogP contribution in [0.25, 0.3) is 0 Å². The molecule has 21 heavy (non-hydrogen) atoms. The summed E-state index contributed by atoms with van der Waals surface area (Å²) in [5, 5.41) is 0.256. The Kier molecular flexibility index (Phi) is 4.11. The molecule has 2 atom stereocenters. The average Bonchev–Trinajstić information content (AvgIpc) is 2.69. The van der Waals surface area contributed by atoms with Crippen molar-refractivity contribution in [2.75, 3.05) is 6.61 Å². The number of hydrogen-bond donors (Lipinski definition) is 0. The van der Waals surface area contributed by atoms with Gasteiger partial charge in [0, 0.05) is 33.3 Å². The van der Waals surface area contributed by atoms with Crippen molar-refractivity contribution in [3.8, 4) is 5.75 Å². The van der Waals surface area contributed by atoms with E-state index in [9.17, 15) is 13.4 Å². The van der Waals surface area contributed by atoms with Gasteiger partial charge in [-0.1, -0.05) is 0 Å². The molecule has 3 rings (SSSR count). The van der Waals surface area contributed by atoms with Crippen molar-refractivity contribution >= 4 is 16.6 Å². The third-order valence-corrected chi connectivity index (χ3v) is 6.62. The Bertz CT molecular complexity index is 571. The van der Waals surface area contributed by atoms with Gasteiger partial charge in [-0.15, -0.1) is 0 Å². The molecule has 5 heteroatoms. The number of ketones is 1. The van der Waals surface area contributed by atoms with Gasteiger partial charge in [-0.2, -0.15) is 0 Å². The quantitative estimate of drug-likeness (QED) is 0.803. The Hall–Kier alpha value is -1.23. The molecular weight excluding hydrogens is 291 g/mol. The van der Waals surface area contributed by atoms with Gasteiger partial charge in [0.25, 0.3) is 0 Å². The van der Waals surface area contributed by atoms with E-state index in [2.05, 4.69) is 0 Å². The van der Waals surface area contributed by atoms with Crippen LogP contribution in [0.1, 0.15) is 43.0 Å². The van der Waals surface area contributed by atoms with Crippen molar-refractivity contribution in [3.05, 3.63) is 29.6 Å². The normalized spacial score (nSPS) is 31.1. The van der Waals surface area contributed by atoms with E-state index in [4.69, 9.17) is 4.74 Å². The first-order valence-electron chi connectivity index (χ1n) is 7.46. The van der Waals surface area contributed by atoms with Crippen LogP contribution >= 0.6 is 0 Å². The smallest absolute Gasteiger partial charge is 0.168 e. The molecule has 0 spiro atoms. The highest BCUT2D eigenvalue weighted by Crippen LogP contribution is 2.40. The minimum atomic E-state index is -0.790. The SMILES string of the molecule is CCOc1ccc(C(=O)C2CC3CCC(C2)S3=O)c(F)c1. The van der Waals surface area contributed by atoms with Gasteiger partial charge >= 0.3 is 0 Å². The van der Waals surface area contributed by atoms with Gasteiger partial charge in [0.2, 0.25) is 0 Å². The third-order valence-electron chi connectivity index (χ3n) is 4.45. The zero-order chi connectivity index (χ0) is 15.0. The summed E-state index contributed by atoms with van der Waals surface area (Å²) < 4.78 is 31.3. The van der Waals surface area contributed by atoms with Gasteiger partial charge in [0.05, 0.1) is 12.2 Å². The van der Waals surface area contributed by atoms with Crippen LogP contribution in [0, 0.1) is 11.7 Å². The number of hydrogen-bond acceptors (Lipinski definition) is 3. The molecule has 0 amide bonds. The highest BCUT2D eigenvalue weighted by atomic mass is 32.2. The molecule has 2 heterocycles. The summed E-state index contributed by atoms with van der Waals surface area (Å²) in [6, 6.07) is 4.41. The first-order valence-corrected chi connectivity index (χ1v) is 8.73. The van der Waals surface area contributed by atoms with E-state index >= 15 is 0 Å². The molecule has 2 unspecified atom stereocenters. The van der Waals surface area contributed by atoms with E-state index in [-0.39, 0.29) is 27.8 Å². The van der Waals surface area contributed by atoms with Crippen LogP contribution in [0.15, 0.2) is 18.2 Å². The molecule has 0 radical (unpaired) electrons. The third kappa shape index (κ3) is 2.76. The predicted octanol–water partition coefficient (Wildman–Crippen LogP) is 3.10. The van der Waals surface area contributed by atoms with E-state index in [0.29, 0.717) is 25.2 Å². The van der Waals surface area contributed by atoms with Crippen LogP contribution in [0.5, 0.6) is 5.75 Å². The lowest BCUT2D eigenvalue weighted by Gasteiger charge is -2.26. The second-order valence-electron chi connectivity index (χ2n) is 5.76. The summed E-state index contributed by atoms with van der Waals surface area (Å²) in [5.74, 6) is -0.418. The molecular formula is C16H19FO3S. The highest BCUT2D eigenvalue weighted by Gasteiger charge is 2.43. The number of benzene rings is 1. The van der Waals surface area contributed by atoms with Crippen molar-refractivity contribution in [1.29, 1.82) is 0 Å². The highest BCUT2D eigenvalue weighted by molar-refractivity contribution is 7.86. The van der Waals surface area contributed by atoms with Gasteiger partial charge in [-0.05, 0) is 44.7 Å². The van der Waals surface area contributed by atoms with E-state index in [0.717, 1.165) is 12.8 Å². The zero-order valence-corrected chi connectivity index (χ0v) is 12.8. The van der Waals surface area contributed by atoms with Crippen LogP contribution in [-0.4, -0.2) is 27.1 Å². The maximum atomic E-state index is 14.1. The summed E-state index contributed by atoms with van der Waals surface area (Å²) in [4.78, 5) is 12.5. The second-order valence-corrected chi connectivity index (χ2v) is 7.75. The topological polar surface area (TPSA) is 43.4 Å². The summed E-state index contributed by atoms with van der Waals surface area (Å²) in [5.41, 5.74) is 0.135. The first kappa shape index (κ1) is 14.7. The molecule has 2 saturated heterocycles. The largest absolute Gasteiger partial charge is 0.494 e. The Morgan fingerprint density at radius 2 is 2.00 bits per heavy atom. The summed E-state index contributed by atoms with van der Waals surface area (Å²) in [6.45, 7) is 2.29. The van der Waals surface area contributed by atoms with E-state index in [1.807, 2.05) is 6.92 Å². The van der Waals surface area contributed by atoms with Gasteiger partial charge in [0.1, 0.15) is 11.6 Å². The Morgan fingerprint density at radius 1 is 1.33 bits per heavy atom. The van der Waals surface area contributed by atoms with Gasteiger partial charge in [-0.25, -0.2) is 4.39 Å². The number of carbonyl (C=O) groups excluding carboxylic acids is 1. The van der Waals surface area contributed by atoms with E-state index < -0.39 is 16.6 Å². The van der Waals surface area contributed by atoms with Crippen molar-refractivity contribution in [3.63, 3.8) is 0 Å². The molecule has 0 N–H and O–H groups in total. The van der Waals surface area contributed by atoms with Crippen LogP contribution < -0.4 is 4.74 Å². The molecule has 114 valence electrons. The number of fused-ring (bicyclic) bond motifs is 2. The molecule has 0 aliphatic carbocycles. The molecule has 1 aromatic rings. The molecule has 0 saturated carbocycles. The van der Waals surface area contributed by atoms with Crippen molar-refractivity contribution in [2.45, 2.75) is 43.1 Å². The lowest BCUT2D eigenvalue weighted by molar-refractivity contribution is 0.0902. The number of Topliss-reactive ketones (excluding diaryl/α,β-unsaturated/α-hetero) is 1. The fourth-order valence-electron chi connectivity index (χ4n) is 3.42. The van der Waals surface area contributed by atoms with Crippen LogP contribution in [0.4, 0.5) is 4.39 Å². The molecule has 2 aliphatic rings. The molecule has 3 nitrogen and oxygen atoms in total. The zero-order valence-electron chi connectivity index (χ0n) is 12.0. The number of carbonyl (C=O) groups is 1. The van der Waals surface area contributed by atoms with Crippen LogP contribution in [0.2, 0.25) is 0 Å². The fourth-order valence-corrected chi connectivity index (χ4v) is 5.54. The summed E-state index contributed by atoms with van der Waals surface area (Å²) in [6.07, 6.45) is 3.14. The lowest BCUT2D eigenvalue weighted by atomic mass is 9.90. The second kappa shape index (κ2) is 5.87. The standard InChI is InChI=1S/C16H19FO3S/c1-2-20-11-3-6-14(15(17)9-11)16(18)10-7-12-4-5-13(8-10)21(12)19/h3,6,9-10,12-13H,2,4-5,7-8H2,1H3. The van der Waals surface area contributed by atoms with Crippen LogP contribution in [-0.2, 0) is 10.8 Å². The summed E-state index contributed by atoms with van der Waals surface area (Å²) in [7, 11) is -0.790. The fraction of sp³-hybridized carbons (Fsp3) is 0.562. The van der Waals surface area contributed by atoms with Gasteiger partial charge < -0.3 is 4.74 Å². The molecule has 0 aromatic heterocycles. The molecule has 2 fully saturated rings. The summed E-state index contributed by atoms with van der Waals surface area (Å²) >= 11 is 0. The molecule has 2 bridgehead atoms. The molecule has 2 aliphatic heterocycles. The maximum Gasteiger partial charge on any atom is 0.168 e. The van der Waals surface area contributed by atoms with Gasteiger partial charge in [0.15, 0.2) is 5.78 Å². The predicted molar refractivity (Wildman–Crippen MR) is 79.6 cm³/mol. The van der Waals surface area contributed by atoms with Gasteiger partial charge in [-0.3, -0.25) is 9.00 Å². The first-order chi connectivity index (χ1) is 10.1. The monoisotopic (exact) mass is 310 g/mol. The van der Waals surface area contributed by atoms with E-state index in [1.165, 1.54) is 12.1 Å².